The molecule has 0 N–H and O–H groups in total. The average molecular weight is 938 g/mol. The third-order valence-electron chi connectivity index (χ3n) is 12.5. The first-order chi connectivity index (χ1) is 33.0. The summed E-state index contributed by atoms with van der Waals surface area (Å²) in [5.41, 5.74) is 0. The van der Waals surface area contributed by atoms with Gasteiger partial charge in [0.15, 0.2) is 6.10 Å². The maximum absolute atomic E-state index is 12.8. The van der Waals surface area contributed by atoms with E-state index >= 15 is 0 Å². The summed E-state index contributed by atoms with van der Waals surface area (Å²) < 4.78 is 16.8. The fourth-order valence-corrected chi connectivity index (χ4v) is 8.22. The van der Waals surface area contributed by atoms with Crippen LogP contribution in [0.3, 0.4) is 0 Å². The Bertz CT molecular complexity index is 1210. The van der Waals surface area contributed by atoms with Crippen LogP contribution in [-0.4, -0.2) is 37.2 Å². The van der Waals surface area contributed by atoms with Crippen molar-refractivity contribution in [1.82, 2.24) is 0 Å². The third-order valence-corrected chi connectivity index (χ3v) is 12.5. The number of carbonyl (C=O) groups excluding carboxylic acids is 3. The predicted octanol–water partition coefficient (Wildman–Crippen LogP) is 19.2. The van der Waals surface area contributed by atoms with E-state index < -0.39 is 6.10 Å². The molecule has 6 heteroatoms. The van der Waals surface area contributed by atoms with Gasteiger partial charge < -0.3 is 14.2 Å². The van der Waals surface area contributed by atoms with Gasteiger partial charge in [-0.15, -0.1) is 0 Å². The van der Waals surface area contributed by atoms with Gasteiger partial charge >= 0.3 is 17.9 Å². The van der Waals surface area contributed by atoms with E-state index in [1.54, 1.807) is 0 Å². The number of ether oxygens (including phenoxy) is 3. The van der Waals surface area contributed by atoms with Crippen LogP contribution in [0, 0.1) is 0 Å². The molecule has 0 aromatic carbocycles. The highest BCUT2D eigenvalue weighted by Gasteiger charge is 2.19. The van der Waals surface area contributed by atoms with Gasteiger partial charge in [0.25, 0.3) is 0 Å². The second-order valence-corrected chi connectivity index (χ2v) is 19.2. The molecule has 0 aromatic heterocycles. The topological polar surface area (TPSA) is 78.9 Å². The van der Waals surface area contributed by atoms with Crippen molar-refractivity contribution in [3.8, 4) is 0 Å². The number of esters is 3. The fraction of sp³-hybridized carbons (Fsp3) is 0.787. The van der Waals surface area contributed by atoms with E-state index in [0.717, 1.165) is 64.2 Å². The SMILES string of the molecule is CC/C=C\C/C=C\C/C=C\CCCC(=O)OCC(COC(=O)CCCCCCCCCCCC/C=C\C=C/CCCCC)OC(=O)CCCCCCCCCCCCCCCCCCCCC. The highest BCUT2D eigenvalue weighted by Crippen LogP contribution is 2.17. The molecule has 0 spiro atoms. The minimum Gasteiger partial charge on any atom is -0.462 e. The smallest absolute Gasteiger partial charge is 0.306 e. The molecule has 0 fully saturated rings. The summed E-state index contributed by atoms with van der Waals surface area (Å²) in [6, 6.07) is 0. The molecule has 67 heavy (non-hydrogen) atoms. The van der Waals surface area contributed by atoms with Crippen LogP contribution in [0.25, 0.3) is 0 Å². The Morgan fingerprint density at radius 2 is 0.642 bits per heavy atom. The number of hydrogen-bond acceptors (Lipinski definition) is 6. The van der Waals surface area contributed by atoms with E-state index in [9.17, 15) is 14.4 Å². The normalized spacial score (nSPS) is 12.5. The van der Waals surface area contributed by atoms with Gasteiger partial charge in [-0.3, -0.25) is 14.4 Å². The molecule has 6 nitrogen and oxygen atoms in total. The van der Waals surface area contributed by atoms with E-state index in [4.69, 9.17) is 14.2 Å². The Morgan fingerprint density at radius 3 is 1.07 bits per heavy atom. The molecule has 1 atom stereocenters. The van der Waals surface area contributed by atoms with E-state index in [1.165, 1.54) is 180 Å². The zero-order valence-electron chi connectivity index (χ0n) is 44.4. The van der Waals surface area contributed by atoms with Gasteiger partial charge in [-0.05, 0) is 70.6 Å². The number of hydrogen-bond donors (Lipinski definition) is 0. The van der Waals surface area contributed by atoms with Gasteiger partial charge in [0, 0.05) is 19.3 Å². The van der Waals surface area contributed by atoms with Crippen molar-refractivity contribution >= 4 is 17.9 Å². The van der Waals surface area contributed by atoms with Crippen LogP contribution >= 0.6 is 0 Å². The Labute approximate surface area is 415 Å². The molecular formula is C61H108O6. The molecule has 0 aliphatic heterocycles. The first-order valence-electron chi connectivity index (χ1n) is 28.8. The van der Waals surface area contributed by atoms with E-state index in [-0.39, 0.29) is 37.5 Å². The molecule has 0 aromatic rings. The highest BCUT2D eigenvalue weighted by atomic mass is 16.6. The minimum absolute atomic E-state index is 0.0893. The first-order valence-corrected chi connectivity index (χ1v) is 28.8. The third kappa shape index (κ3) is 53.9. The summed E-state index contributed by atoms with van der Waals surface area (Å²) in [7, 11) is 0. The van der Waals surface area contributed by atoms with Crippen molar-refractivity contribution in [3.05, 3.63) is 60.8 Å². The second-order valence-electron chi connectivity index (χ2n) is 19.2. The fourth-order valence-electron chi connectivity index (χ4n) is 8.22. The van der Waals surface area contributed by atoms with Gasteiger partial charge in [0.05, 0.1) is 0 Å². The Balaban J connectivity index is 4.32. The van der Waals surface area contributed by atoms with Crippen molar-refractivity contribution in [3.63, 3.8) is 0 Å². The van der Waals surface area contributed by atoms with Crippen LogP contribution in [0.5, 0.6) is 0 Å². The largest absolute Gasteiger partial charge is 0.462 e. The molecule has 0 bridgehead atoms. The molecule has 0 aliphatic carbocycles. The molecule has 0 amide bonds. The van der Waals surface area contributed by atoms with Crippen LogP contribution in [0.15, 0.2) is 60.8 Å². The standard InChI is InChI=1S/C61H108O6/c1-4-7-10-13-16-19-22-24-26-28-30-32-34-36-39-42-45-48-51-54-60(63)66-57-58(56-65-59(62)53-50-47-44-41-38-21-18-15-12-9-6-3)67-61(64)55-52-49-46-43-40-37-35-33-31-29-27-25-23-20-17-14-11-8-5-2/h9,12,16,18-19,21-22,24,41,44,58H,4-8,10-11,13-15,17,20,23,25-40,42-43,45-57H2,1-3H3/b12-9-,19-16-,21-18-,24-22-,44-41-. The van der Waals surface area contributed by atoms with E-state index in [1.807, 2.05) is 0 Å². The maximum Gasteiger partial charge on any atom is 0.306 e. The number of rotatable bonds is 52. The molecule has 0 rings (SSSR count). The number of carbonyl (C=O) groups is 3. The van der Waals surface area contributed by atoms with Crippen molar-refractivity contribution < 1.29 is 28.6 Å². The number of unbranched alkanes of at least 4 members (excludes halogenated alkanes) is 32. The molecule has 0 radical (unpaired) electrons. The van der Waals surface area contributed by atoms with Gasteiger partial charge in [-0.25, -0.2) is 0 Å². The zero-order valence-corrected chi connectivity index (χ0v) is 44.4. The van der Waals surface area contributed by atoms with Crippen LogP contribution in [-0.2, 0) is 28.6 Å². The van der Waals surface area contributed by atoms with Gasteiger partial charge in [0.1, 0.15) is 13.2 Å². The molecular weight excluding hydrogens is 829 g/mol. The van der Waals surface area contributed by atoms with Gasteiger partial charge in [-0.2, -0.15) is 0 Å². The van der Waals surface area contributed by atoms with Crippen molar-refractivity contribution in [1.29, 1.82) is 0 Å². The van der Waals surface area contributed by atoms with Crippen LogP contribution in [0.4, 0.5) is 0 Å². The van der Waals surface area contributed by atoms with E-state index in [2.05, 4.69) is 81.5 Å². The molecule has 388 valence electrons. The van der Waals surface area contributed by atoms with Gasteiger partial charge in [-0.1, -0.05) is 261 Å². The minimum atomic E-state index is -0.793. The Morgan fingerprint density at radius 1 is 0.328 bits per heavy atom. The molecule has 1 unspecified atom stereocenters. The van der Waals surface area contributed by atoms with Crippen molar-refractivity contribution in [2.45, 2.75) is 297 Å². The summed E-state index contributed by atoms with van der Waals surface area (Å²) in [6.07, 6.45) is 69.4. The summed E-state index contributed by atoms with van der Waals surface area (Å²) in [6.45, 7) is 6.48. The Kier molecular flexibility index (Phi) is 53.3. The second kappa shape index (κ2) is 55.7. The number of allylic oxidation sites excluding steroid dienone is 10. The van der Waals surface area contributed by atoms with Gasteiger partial charge in [0.2, 0.25) is 0 Å². The quantitative estimate of drug-likeness (QED) is 0.0199. The Hall–Kier alpha value is -2.89. The van der Waals surface area contributed by atoms with E-state index in [0.29, 0.717) is 19.3 Å². The summed E-state index contributed by atoms with van der Waals surface area (Å²) in [5.74, 6) is -0.937. The zero-order chi connectivity index (χ0) is 48.6. The first kappa shape index (κ1) is 64.1. The lowest BCUT2D eigenvalue weighted by molar-refractivity contribution is -0.167. The lowest BCUT2D eigenvalue weighted by Crippen LogP contribution is -2.30. The predicted molar refractivity (Wildman–Crippen MR) is 288 cm³/mol. The van der Waals surface area contributed by atoms with Crippen LogP contribution < -0.4 is 0 Å². The average Bonchev–Trinajstić information content (AvgIpc) is 3.33. The summed E-state index contributed by atoms with van der Waals surface area (Å²) in [5, 5.41) is 0. The molecule has 0 heterocycles. The van der Waals surface area contributed by atoms with Crippen molar-refractivity contribution in [2.75, 3.05) is 13.2 Å². The monoisotopic (exact) mass is 937 g/mol. The maximum atomic E-state index is 12.8. The highest BCUT2D eigenvalue weighted by molar-refractivity contribution is 5.71. The summed E-state index contributed by atoms with van der Waals surface area (Å²) in [4.78, 5) is 38.1. The summed E-state index contributed by atoms with van der Waals surface area (Å²) >= 11 is 0. The molecule has 0 saturated heterocycles. The lowest BCUT2D eigenvalue weighted by Gasteiger charge is -2.18. The molecule has 0 saturated carbocycles. The lowest BCUT2D eigenvalue weighted by atomic mass is 10.0. The van der Waals surface area contributed by atoms with Crippen LogP contribution in [0.2, 0.25) is 0 Å². The van der Waals surface area contributed by atoms with Crippen LogP contribution in [0.1, 0.15) is 290 Å². The molecule has 0 aliphatic rings. The van der Waals surface area contributed by atoms with Crippen molar-refractivity contribution in [2.24, 2.45) is 0 Å².